The SMILES string of the molecule is CC[C@@H](S)C(=O)O. The second-order valence-corrected chi connectivity index (χ2v) is 1.89. The van der Waals surface area contributed by atoms with Crippen LogP contribution in [0.3, 0.4) is 0 Å². The summed E-state index contributed by atoms with van der Waals surface area (Å²) in [7, 11) is 0. The lowest BCUT2D eigenvalue weighted by atomic mass is 10.3. The number of carbonyl (C=O) groups is 1. The van der Waals surface area contributed by atoms with Crippen LogP contribution in [0.5, 0.6) is 0 Å². The van der Waals surface area contributed by atoms with Crippen LogP contribution >= 0.6 is 12.6 Å². The maximum atomic E-state index is 9.85. The van der Waals surface area contributed by atoms with E-state index in [0.29, 0.717) is 6.42 Å². The fraction of sp³-hybridized carbons (Fsp3) is 0.750. The molecule has 0 rings (SSSR count). The van der Waals surface area contributed by atoms with Gasteiger partial charge in [0.15, 0.2) is 0 Å². The smallest absolute Gasteiger partial charge is 0.316 e. The molecule has 0 heterocycles. The van der Waals surface area contributed by atoms with Crippen LogP contribution in [0, 0.1) is 0 Å². The van der Waals surface area contributed by atoms with Crippen LogP contribution in [0.2, 0.25) is 0 Å². The maximum absolute atomic E-state index is 9.85. The molecule has 0 radical (unpaired) electrons. The normalized spacial score (nSPS) is 13.4. The number of carboxylic acids is 1. The molecule has 3 heteroatoms. The van der Waals surface area contributed by atoms with Crippen LogP contribution in [-0.4, -0.2) is 16.3 Å². The highest BCUT2D eigenvalue weighted by molar-refractivity contribution is 7.81. The van der Waals surface area contributed by atoms with Gasteiger partial charge in [-0.15, -0.1) is 0 Å². The molecule has 42 valence electrons. The summed E-state index contributed by atoms with van der Waals surface area (Å²) in [5.74, 6) is -0.842. The van der Waals surface area contributed by atoms with E-state index >= 15 is 0 Å². The summed E-state index contributed by atoms with van der Waals surface area (Å²) >= 11 is 3.73. The van der Waals surface area contributed by atoms with Crippen LogP contribution in [0.4, 0.5) is 0 Å². The lowest BCUT2D eigenvalue weighted by Gasteiger charge is -1.95. The van der Waals surface area contributed by atoms with Crippen molar-refractivity contribution in [2.45, 2.75) is 18.6 Å². The molecule has 7 heavy (non-hydrogen) atoms. The molecule has 1 atom stereocenters. The molecule has 0 aromatic carbocycles. The first kappa shape index (κ1) is 6.82. The largest absolute Gasteiger partial charge is 0.480 e. The molecular weight excluding hydrogens is 112 g/mol. The van der Waals surface area contributed by atoms with Crippen molar-refractivity contribution in [3.63, 3.8) is 0 Å². The van der Waals surface area contributed by atoms with Crippen molar-refractivity contribution in [2.24, 2.45) is 0 Å². The Morgan fingerprint density at radius 3 is 2.43 bits per heavy atom. The van der Waals surface area contributed by atoms with E-state index in [-0.39, 0.29) is 0 Å². The minimum absolute atomic E-state index is 0.486. The first-order chi connectivity index (χ1) is 3.18. The summed E-state index contributed by atoms with van der Waals surface area (Å²) in [6.45, 7) is 1.78. The number of carboxylic acid groups (broad SMARTS) is 1. The number of thiol groups is 1. The van der Waals surface area contributed by atoms with Crippen molar-refractivity contribution in [3.8, 4) is 0 Å². The lowest BCUT2D eigenvalue weighted by molar-refractivity contribution is -0.136. The Kier molecular flexibility index (Phi) is 2.83. The summed E-state index contributed by atoms with van der Waals surface area (Å²) in [6, 6.07) is 0. The van der Waals surface area contributed by atoms with Crippen molar-refractivity contribution in [3.05, 3.63) is 0 Å². The molecule has 0 amide bonds. The van der Waals surface area contributed by atoms with E-state index < -0.39 is 11.2 Å². The molecular formula is C4H8O2S. The van der Waals surface area contributed by atoms with E-state index in [9.17, 15) is 4.79 Å². The van der Waals surface area contributed by atoms with Crippen LogP contribution in [-0.2, 0) is 4.79 Å². The topological polar surface area (TPSA) is 37.3 Å². The lowest BCUT2D eigenvalue weighted by Crippen LogP contribution is -2.10. The number of hydrogen-bond donors (Lipinski definition) is 2. The van der Waals surface area contributed by atoms with Crippen molar-refractivity contribution in [1.29, 1.82) is 0 Å². The van der Waals surface area contributed by atoms with Gasteiger partial charge in [0.05, 0.1) is 5.25 Å². The van der Waals surface area contributed by atoms with Gasteiger partial charge in [-0.25, -0.2) is 0 Å². The molecule has 0 aromatic rings. The molecule has 0 bridgehead atoms. The fourth-order valence-corrected chi connectivity index (χ4v) is 0.175. The van der Waals surface area contributed by atoms with Gasteiger partial charge in [0.1, 0.15) is 0 Å². The van der Waals surface area contributed by atoms with Crippen molar-refractivity contribution < 1.29 is 9.90 Å². The molecule has 1 N–H and O–H groups in total. The predicted molar refractivity (Wildman–Crippen MR) is 30.7 cm³/mol. The molecule has 0 saturated heterocycles. The molecule has 0 aromatic heterocycles. The molecule has 0 fully saturated rings. The van der Waals surface area contributed by atoms with E-state index in [1.165, 1.54) is 0 Å². The molecule has 2 nitrogen and oxygen atoms in total. The summed E-state index contributed by atoms with van der Waals surface area (Å²) in [6.07, 6.45) is 0.582. The third kappa shape index (κ3) is 2.51. The first-order valence-corrected chi connectivity index (χ1v) is 2.61. The van der Waals surface area contributed by atoms with Crippen molar-refractivity contribution in [2.75, 3.05) is 0 Å². The van der Waals surface area contributed by atoms with E-state index in [1.54, 1.807) is 6.92 Å². The van der Waals surface area contributed by atoms with Crippen LogP contribution in [0.25, 0.3) is 0 Å². The van der Waals surface area contributed by atoms with Gasteiger partial charge in [0.2, 0.25) is 0 Å². The summed E-state index contributed by atoms with van der Waals surface area (Å²) in [5.41, 5.74) is 0. The minimum Gasteiger partial charge on any atom is -0.480 e. The zero-order valence-electron chi connectivity index (χ0n) is 4.09. The molecule has 0 aliphatic heterocycles. The van der Waals surface area contributed by atoms with Crippen molar-refractivity contribution >= 4 is 18.6 Å². The Bertz CT molecular complexity index is 72.1. The first-order valence-electron chi connectivity index (χ1n) is 2.09. The van der Waals surface area contributed by atoms with Gasteiger partial charge < -0.3 is 5.11 Å². The average Bonchev–Trinajstić information content (AvgIpc) is 1.65. The van der Waals surface area contributed by atoms with Gasteiger partial charge >= 0.3 is 5.97 Å². The van der Waals surface area contributed by atoms with Gasteiger partial charge in [-0.1, -0.05) is 6.92 Å². The van der Waals surface area contributed by atoms with Crippen LogP contribution < -0.4 is 0 Å². The summed E-state index contributed by atoms with van der Waals surface area (Å²) in [5, 5.41) is 7.62. The van der Waals surface area contributed by atoms with Gasteiger partial charge in [0, 0.05) is 0 Å². The van der Waals surface area contributed by atoms with Crippen LogP contribution in [0.1, 0.15) is 13.3 Å². The highest BCUT2D eigenvalue weighted by Gasteiger charge is 2.06. The standard InChI is InChI=1S/C4H8O2S/c1-2-3(7)4(5)6/h3,7H,2H2,1H3,(H,5,6)/t3-/m1/s1. The summed E-state index contributed by atoms with van der Waals surface area (Å²) in [4.78, 5) is 9.85. The molecule has 0 aliphatic carbocycles. The Hall–Kier alpha value is -0.180. The Balaban J connectivity index is 3.34. The van der Waals surface area contributed by atoms with E-state index in [1.807, 2.05) is 0 Å². The predicted octanol–water partition coefficient (Wildman–Crippen LogP) is 0.779. The Morgan fingerprint density at radius 2 is 2.43 bits per heavy atom. The van der Waals surface area contributed by atoms with Gasteiger partial charge in [0.25, 0.3) is 0 Å². The molecule has 0 unspecified atom stereocenters. The van der Waals surface area contributed by atoms with Gasteiger partial charge in [-0.2, -0.15) is 12.6 Å². The second kappa shape index (κ2) is 2.91. The quantitative estimate of drug-likeness (QED) is 0.528. The Morgan fingerprint density at radius 1 is 2.00 bits per heavy atom. The summed E-state index contributed by atoms with van der Waals surface area (Å²) < 4.78 is 0. The van der Waals surface area contributed by atoms with Crippen molar-refractivity contribution in [1.82, 2.24) is 0 Å². The number of hydrogen-bond acceptors (Lipinski definition) is 2. The minimum atomic E-state index is -0.842. The second-order valence-electron chi connectivity index (χ2n) is 1.26. The molecule has 0 spiro atoms. The third-order valence-electron chi connectivity index (χ3n) is 0.672. The van der Waals surface area contributed by atoms with E-state index in [0.717, 1.165) is 0 Å². The molecule has 0 aliphatic rings. The average molecular weight is 120 g/mol. The monoisotopic (exact) mass is 120 g/mol. The third-order valence-corrected chi connectivity index (χ3v) is 1.26. The van der Waals surface area contributed by atoms with E-state index in [4.69, 9.17) is 5.11 Å². The maximum Gasteiger partial charge on any atom is 0.316 e. The van der Waals surface area contributed by atoms with Crippen LogP contribution in [0.15, 0.2) is 0 Å². The zero-order chi connectivity index (χ0) is 5.86. The number of aliphatic carboxylic acids is 1. The number of rotatable bonds is 2. The highest BCUT2D eigenvalue weighted by Crippen LogP contribution is 1.97. The highest BCUT2D eigenvalue weighted by atomic mass is 32.1. The fourth-order valence-electron chi connectivity index (χ4n) is 0.175. The van der Waals surface area contributed by atoms with Gasteiger partial charge in [-0.3, -0.25) is 4.79 Å². The molecule has 0 saturated carbocycles. The zero-order valence-corrected chi connectivity index (χ0v) is 4.98. The van der Waals surface area contributed by atoms with Gasteiger partial charge in [-0.05, 0) is 6.42 Å². The van der Waals surface area contributed by atoms with E-state index in [2.05, 4.69) is 12.6 Å². The Labute approximate surface area is 47.9 Å².